The van der Waals surface area contributed by atoms with E-state index in [0.29, 0.717) is 37.7 Å². The summed E-state index contributed by atoms with van der Waals surface area (Å²) in [5.74, 6) is -1.32. The maximum Gasteiger partial charge on any atom is 0.418 e. The first-order valence-electron chi connectivity index (χ1n) is 13.0. The SMILES string of the molecule is C=CC(=O)Nc1ccccc1N=C1C(C(F)(F)F)=CC(C)CC/C(CCc2cc(CO)c(F)cc2C)=C\1CC. The summed E-state index contributed by atoms with van der Waals surface area (Å²) in [5, 5.41) is 12.1. The first kappa shape index (κ1) is 30.0. The fraction of sp³-hybridized carbons (Fsp3) is 0.355. The first-order valence-corrected chi connectivity index (χ1v) is 13.0. The van der Waals surface area contributed by atoms with E-state index in [-0.39, 0.29) is 28.6 Å². The van der Waals surface area contributed by atoms with Gasteiger partial charge >= 0.3 is 6.18 Å². The molecule has 0 radical (unpaired) electrons. The molecule has 39 heavy (non-hydrogen) atoms. The number of alkyl halides is 3. The van der Waals surface area contributed by atoms with Crippen molar-refractivity contribution in [2.45, 2.75) is 65.7 Å². The number of anilines is 1. The van der Waals surface area contributed by atoms with Gasteiger partial charge in [-0.3, -0.25) is 4.79 Å². The lowest BCUT2D eigenvalue weighted by molar-refractivity contribution is -0.111. The van der Waals surface area contributed by atoms with Gasteiger partial charge in [0.05, 0.1) is 29.3 Å². The number of aryl methyl sites for hydroxylation is 2. The molecule has 8 heteroatoms. The Labute approximate surface area is 226 Å². The van der Waals surface area contributed by atoms with Gasteiger partial charge in [0.25, 0.3) is 0 Å². The molecule has 1 aliphatic carbocycles. The van der Waals surface area contributed by atoms with Crippen molar-refractivity contribution < 1.29 is 27.5 Å². The number of halogens is 4. The van der Waals surface area contributed by atoms with Crippen LogP contribution < -0.4 is 5.32 Å². The third-order valence-corrected chi connectivity index (χ3v) is 6.93. The number of allylic oxidation sites excluding steroid dienone is 4. The Morgan fingerprint density at radius 2 is 1.92 bits per heavy atom. The first-order chi connectivity index (χ1) is 18.5. The number of amides is 1. The van der Waals surface area contributed by atoms with E-state index >= 15 is 0 Å². The number of aliphatic imine (C=N–C) groups is 1. The minimum Gasteiger partial charge on any atom is -0.392 e. The zero-order valence-corrected chi connectivity index (χ0v) is 22.5. The van der Waals surface area contributed by atoms with Crippen LogP contribution >= 0.6 is 0 Å². The van der Waals surface area contributed by atoms with E-state index in [1.54, 1.807) is 44.2 Å². The summed E-state index contributed by atoms with van der Waals surface area (Å²) < 4.78 is 57.6. The van der Waals surface area contributed by atoms with E-state index in [2.05, 4.69) is 16.9 Å². The molecule has 3 rings (SSSR count). The van der Waals surface area contributed by atoms with Crippen molar-refractivity contribution in [1.29, 1.82) is 0 Å². The Hall–Kier alpha value is -3.52. The van der Waals surface area contributed by atoms with Crippen molar-refractivity contribution in [1.82, 2.24) is 0 Å². The summed E-state index contributed by atoms with van der Waals surface area (Å²) in [5.41, 5.74) is 2.65. The summed E-state index contributed by atoms with van der Waals surface area (Å²) in [6.07, 6.45) is 0.0868. The van der Waals surface area contributed by atoms with Gasteiger partial charge in [-0.15, -0.1) is 0 Å². The number of carbonyl (C=O) groups excluding carboxylic acids is 1. The zero-order chi connectivity index (χ0) is 28.7. The van der Waals surface area contributed by atoms with E-state index in [1.807, 2.05) is 6.92 Å². The van der Waals surface area contributed by atoms with Crippen molar-refractivity contribution in [3.63, 3.8) is 0 Å². The van der Waals surface area contributed by atoms with Crippen LogP contribution in [0.1, 0.15) is 56.2 Å². The van der Waals surface area contributed by atoms with Gasteiger partial charge in [0, 0.05) is 5.56 Å². The molecular formula is C31H34F4N2O2. The highest BCUT2D eigenvalue weighted by atomic mass is 19.4. The van der Waals surface area contributed by atoms with Gasteiger partial charge in [-0.1, -0.05) is 50.3 Å². The second kappa shape index (κ2) is 13.0. The molecule has 4 nitrogen and oxygen atoms in total. The van der Waals surface area contributed by atoms with Gasteiger partial charge < -0.3 is 10.4 Å². The van der Waals surface area contributed by atoms with Crippen LogP contribution in [-0.2, 0) is 17.8 Å². The molecule has 1 unspecified atom stereocenters. The maximum atomic E-state index is 14.5. The molecule has 0 aliphatic heterocycles. The fourth-order valence-corrected chi connectivity index (χ4v) is 4.81. The lowest BCUT2D eigenvalue weighted by Crippen LogP contribution is -2.25. The van der Waals surface area contributed by atoms with E-state index in [9.17, 15) is 27.5 Å². The van der Waals surface area contributed by atoms with E-state index in [1.165, 1.54) is 12.1 Å². The second-order valence-corrected chi connectivity index (χ2v) is 9.73. The van der Waals surface area contributed by atoms with E-state index in [0.717, 1.165) is 22.8 Å². The minimum atomic E-state index is -4.64. The predicted molar refractivity (Wildman–Crippen MR) is 148 cm³/mol. The Bertz CT molecular complexity index is 1320. The Balaban J connectivity index is 2.18. The van der Waals surface area contributed by atoms with Crippen LogP contribution in [0.3, 0.4) is 0 Å². The minimum absolute atomic E-state index is 0.154. The molecule has 0 saturated heterocycles. The molecule has 2 aromatic carbocycles. The topological polar surface area (TPSA) is 61.7 Å². The van der Waals surface area contributed by atoms with E-state index in [4.69, 9.17) is 0 Å². The number of nitrogens with zero attached hydrogens (tertiary/aromatic N) is 1. The van der Waals surface area contributed by atoms with Crippen molar-refractivity contribution in [3.8, 4) is 0 Å². The van der Waals surface area contributed by atoms with Crippen LogP contribution in [0.4, 0.5) is 28.9 Å². The van der Waals surface area contributed by atoms with Crippen molar-refractivity contribution in [3.05, 3.63) is 94.4 Å². The summed E-state index contributed by atoms with van der Waals surface area (Å²) in [6.45, 7) is 8.34. The fourth-order valence-electron chi connectivity index (χ4n) is 4.81. The zero-order valence-electron chi connectivity index (χ0n) is 22.5. The summed E-state index contributed by atoms with van der Waals surface area (Å²) in [4.78, 5) is 16.5. The van der Waals surface area contributed by atoms with Gasteiger partial charge in [-0.25, -0.2) is 9.38 Å². The molecule has 1 atom stereocenters. The average Bonchev–Trinajstić information content (AvgIpc) is 2.88. The quantitative estimate of drug-likeness (QED) is 0.262. The molecule has 0 aromatic heterocycles. The normalized spacial score (nSPS) is 19.3. The van der Waals surface area contributed by atoms with Gasteiger partial charge in [-0.05, 0) is 85.9 Å². The molecule has 0 fully saturated rings. The van der Waals surface area contributed by atoms with Crippen molar-refractivity contribution >= 4 is 23.0 Å². The summed E-state index contributed by atoms with van der Waals surface area (Å²) >= 11 is 0. The maximum absolute atomic E-state index is 14.5. The highest BCUT2D eigenvalue weighted by Gasteiger charge is 2.39. The van der Waals surface area contributed by atoms with Gasteiger partial charge in [0.2, 0.25) is 5.91 Å². The van der Waals surface area contributed by atoms with Crippen molar-refractivity contribution in [2.75, 3.05) is 5.32 Å². The Kier molecular flexibility index (Phi) is 10.0. The third-order valence-electron chi connectivity index (χ3n) is 6.93. The number of rotatable bonds is 8. The lowest BCUT2D eigenvalue weighted by Gasteiger charge is -2.25. The molecule has 208 valence electrons. The molecule has 2 N–H and O–H groups in total. The Morgan fingerprint density at radius 1 is 1.21 bits per heavy atom. The number of carbonyl (C=O) groups is 1. The van der Waals surface area contributed by atoms with Gasteiger partial charge in [0.15, 0.2) is 0 Å². The number of para-hydroxylation sites is 2. The molecule has 2 aromatic rings. The molecule has 0 saturated carbocycles. The summed E-state index contributed by atoms with van der Waals surface area (Å²) in [6, 6.07) is 9.45. The highest BCUT2D eigenvalue weighted by molar-refractivity contribution is 6.15. The van der Waals surface area contributed by atoms with Crippen LogP contribution in [0.2, 0.25) is 0 Å². The van der Waals surface area contributed by atoms with Crippen molar-refractivity contribution in [2.24, 2.45) is 10.9 Å². The van der Waals surface area contributed by atoms with Crippen LogP contribution in [0, 0.1) is 18.7 Å². The molecular weight excluding hydrogens is 508 g/mol. The number of hydrogen-bond donors (Lipinski definition) is 2. The second-order valence-electron chi connectivity index (χ2n) is 9.73. The smallest absolute Gasteiger partial charge is 0.392 e. The van der Waals surface area contributed by atoms with Crippen LogP contribution in [0.15, 0.2) is 76.8 Å². The highest BCUT2D eigenvalue weighted by Crippen LogP contribution is 2.38. The molecule has 1 amide bonds. The number of aliphatic hydroxyl groups is 1. The average molecular weight is 543 g/mol. The standard InChI is InChI=1S/C31H34F4N2O2/c1-5-24-21(13-14-22-17-23(18-38)26(32)16-20(22)4)12-11-19(3)15-25(31(33,34)35)30(24)37-28-10-8-7-9-27(28)36-29(39)6-2/h6-10,15-17,19,38H,2,5,11-14,18H2,1,3-4H3,(H,36,39)/b24-21+,25-15?,37-30?. The van der Waals surface area contributed by atoms with Crippen LogP contribution in [0.5, 0.6) is 0 Å². The molecule has 0 bridgehead atoms. The van der Waals surface area contributed by atoms with E-state index < -0.39 is 30.1 Å². The molecule has 1 aliphatic rings. The summed E-state index contributed by atoms with van der Waals surface area (Å²) in [7, 11) is 0. The number of nitrogens with one attached hydrogen (secondary N) is 1. The monoisotopic (exact) mass is 542 g/mol. The number of benzene rings is 2. The van der Waals surface area contributed by atoms with Crippen LogP contribution in [-0.4, -0.2) is 22.9 Å². The van der Waals surface area contributed by atoms with Gasteiger partial charge in [0.1, 0.15) is 5.82 Å². The lowest BCUT2D eigenvalue weighted by atomic mass is 9.83. The molecule has 0 heterocycles. The predicted octanol–water partition coefficient (Wildman–Crippen LogP) is 8.08. The largest absolute Gasteiger partial charge is 0.418 e. The number of hydrogen-bond acceptors (Lipinski definition) is 3. The van der Waals surface area contributed by atoms with Gasteiger partial charge in [-0.2, -0.15) is 13.2 Å². The number of aliphatic hydroxyl groups excluding tert-OH is 1. The third kappa shape index (κ3) is 7.53. The Morgan fingerprint density at radius 3 is 2.56 bits per heavy atom. The molecule has 0 spiro atoms. The van der Waals surface area contributed by atoms with Crippen LogP contribution in [0.25, 0.3) is 0 Å².